The van der Waals surface area contributed by atoms with E-state index in [1.807, 2.05) is 56.4 Å². The maximum absolute atomic E-state index is 12.1. The van der Waals surface area contributed by atoms with Crippen molar-refractivity contribution in [2.75, 3.05) is 23.7 Å². The lowest BCUT2D eigenvalue weighted by atomic mass is 9.96. The van der Waals surface area contributed by atoms with Crippen molar-refractivity contribution in [2.24, 2.45) is 4.99 Å². The molecule has 2 aromatic rings. The van der Waals surface area contributed by atoms with E-state index in [1.54, 1.807) is 0 Å². The summed E-state index contributed by atoms with van der Waals surface area (Å²) in [6.45, 7) is 1.65. The summed E-state index contributed by atoms with van der Waals surface area (Å²) in [5.74, 6) is 0.878. The summed E-state index contributed by atoms with van der Waals surface area (Å²) in [5.41, 5.74) is 3.59. The van der Waals surface area contributed by atoms with E-state index in [0.29, 0.717) is 0 Å². The molecule has 0 spiro atoms. The molecule has 0 saturated heterocycles. The van der Waals surface area contributed by atoms with Crippen molar-refractivity contribution < 1.29 is 4.79 Å². The monoisotopic (exact) mass is 292 g/mol. The number of benzene rings is 2. The van der Waals surface area contributed by atoms with Gasteiger partial charge in [-0.15, -0.1) is 0 Å². The van der Waals surface area contributed by atoms with Gasteiger partial charge in [0, 0.05) is 23.5 Å². The van der Waals surface area contributed by atoms with Gasteiger partial charge in [0.1, 0.15) is 13.7 Å². The lowest BCUT2D eigenvalue weighted by Crippen LogP contribution is -2.22. The van der Waals surface area contributed by atoms with Crippen LogP contribution in [0.25, 0.3) is 0 Å². The molecule has 5 nitrogen and oxygen atoms in total. The van der Waals surface area contributed by atoms with Gasteiger partial charge in [0.2, 0.25) is 0 Å². The summed E-state index contributed by atoms with van der Waals surface area (Å²) in [7, 11) is 1.99. The second kappa shape index (κ2) is 6.34. The van der Waals surface area contributed by atoms with Gasteiger partial charge in [-0.1, -0.05) is 29.7 Å². The Balaban J connectivity index is 1.67. The van der Waals surface area contributed by atoms with E-state index < -0.39 is 0 Å². The van der Waals surface area contributed by atoms with Crippen LogP contribution in [0.1, 0.15) is 5.56 Å². The molecule has 22 heavy (non-hydrogen) atoms. The van der Waals surface area contributed by atoms with Gasteiger partial charge in [0.15, 0.2) is 0 Å². The average molecular weight is 292 g/mol. The summed E-state index contributed by atoms with van der Waals surface area (Å²) in [5, 5.41) is 8.89. The summed E-state index contributed by atoms with van der Waals surface area (Å²) in [6, 6.07) is 15.1. The maximum atomic E-state index is 12.1. The van der Waals surface area contributed by atoms with Crippen LogP contribution in [0.3, 0.4) is 0 Å². The lowest BCUT2D eigenvalue weighted by molar-refractivity contribution is 0.262. The number of aliphatic imine (C=N–C) groups is 1. The highest BCUT2D eigenvalue weighted by Gasteiger charge is 2.09. The molecule has 3 N–H and O–H groups in total. The molecule has 3 rings (SSSR count). The first-order chi connectivity index (χ1) is 10.7. The van der Waals surface area contributed by atoms with Gasteiger partial charge in [0.25, 0.3) is 0 Å². The summed E-state index contributed by atoms with van der Waals surface area (Å²) in [6.07, 6.45) is 0. The minimum atomic E-state index is -0.260. The zero-order valence-corrected chi connectivity index (χ0v) is 12.4. The van der Waals surface area contributed by atoms with Gasteiger partial charge in [-0.05, 0) is 24.3 Å². The number of hydrogen-bond donors (Lipinski definition) is 3. The molecule has 0 aromatic heterocycles. The number of amides is 2. The standard InChI is InChI=1S/C16H17BN4O/c17-12-4-2-6-14(10-12)21-16(22)20-13-5-1-3-11(9-13)15-18-7-8-19-15/h1-6,9-10H,7-8,17H2,(H,18,19)(H2,20,21,22). The predicted octanol–water partition coefficient (Wildman–Crippen LogP) is 0.939. The van der Waals surface area contributed by atoms with E-state index in [2.05, 4.69) is 20.9 Å². The van der Waals surface area contributed by atoms with E-state index in [4.69, 9.17) is 0 Å². The van der Waals surface area contributed by atoms with E-state index in [1.165, 1.54) is 0 Å². The van der Waals surface area contributed by atoms with E-state index in [-0.39, 0.29) is 6.03 Å². The van der Waals surface area contributed by atoms with Gasteiger partial charge < -0.3 is 16.0 Å². The fourth-order valence-corrected chi connectivity index (χ4v) is 2.35. The van der Waals surface area contributed by atoms with Crippen molar-refractivity contribution in [3.63, 3.8) is 0 Å². The molecule has 2 aromatic carbocycles. The van der Waals surface area contributed by atoms with Crippen LogP contribution in [-0.2, 0) is 0 Å². The van der Waals surface area contributed by atoms with Crippen LogP contribution in [0.2, 0.25) is 0 Å². The molecule has 0 saturated carbocycles. The third-order valence-electron chi connectivity index (χ3n) is 3.34. The average Bonchev–Trinajstić information content (AvgIpc) is 3.01. The number of nitrogens with one attached hydrogen (secondary N) is 3. The normalized spacial score (nSPS) is 13.2. The van der Waals surface area contributed by atoms with Gasteiger partial charge in [-0.3, -0.25) is 4.99 Å². The SMILES string of the molecule is Bc1cccc(NC(=O)Nc2cccc(C3=NCCN3)c2)c1. The highest BCUT2D eigenvalue weighted by Crippen LogP contribution is 2.13. The second-order valence-corrected chi connectivity index (χ2v) is 5.19. The van der Waals surface area contributed by atoms with Crippen molar-refractivity contribution in [3.8, 4) is 0 Å². The number of nitrogens with zero attached hydrogens (tertiary/aromatic N) is 1. The fraction of sp³-hybridized carbons (Fsp3) is 0.125. The quantitative estimate of drug-likeness (QED) is 0.737. The number of hydrogen-bond acceptors (Lipinski definition) is 3. The van der Waals surface area contributed by atoms with Gasteiger partial charge >= 0.3 is 6.03 Å². The highest BCUT2D eigenvalue weighted by atomic mass is 16.2. The Morgan fingerprint density at radius 2 is 1.82 bits per heavy atom. The number of amidine groups is 1. The Morgan fingerprint density at radius 1 is 1.09 bits per heavy atom. The molecular weight excluding hydrogens is 275 g/mol. The Kier molecular flexibility index (Phi) is 4.09. The Morgan fingerprint density at radius 3 is 2.50 bits per heavy atom. The number of urea groups is 1. The number of carbonyl (C=O) groups is 1. The lowest BCUT2D eigenvalue weighted by Gasteiger charge is -2.10. The Labute approximate surface area is 130 Å². The predicted molar refractivity (Wildman–Crippen MR) is 93.1 cm³/mol. The van der Waals surface area contributed by atoms with Crippen LogP contribution < -0.4 is 21.4 Å². The smallest absolute Gasteiger partial charge is 0.323 e. The zero-order valence-electron chi connectivity index (χ0n) is 12.4. The first-order valence-electron chi connectivity index (χ1n) is 7.24. The Hall–Kier alpha value is -2.76. The molecule has 110 valence electrons. The van der Waals surface area contributed by atoms with Crippen molar-refractivity contribution in [1.82, 2.24) is 5.32 Å². The van der Waals surface area contributed by atoms with Crippen molar-refractivity contribution in [2.45, 2.75) is 0 Å². The van der Waals surface area contributed by atoms with E-state index in [0.717, 1.165) is 41.3 Å². The molecule has 0 unspecified atom stereocenters. The molecule has 2 amide bonds. The van der Waals surface area contributed by atoms with E-state index >= 15 is 0 Å². The molecule has 0 radical (unpaired) electrons. The Bertz CT molecular complexity index is 730. The fourth-order valence-electron chi connectivity index (χ4n) is 2.35. The molecule has 0 atom stereocenters. The van der Waals surface area contributed by atoms with Crippen LogP contribution in [0, 0.1) is 0 Å². The van der Waals surface area contributed by atoms with Gasteiger partial charge in [-0.25, -0.2) is 4.79 Å². The van der Waals surface area contributed by atoms with Crippen molar-refractivity contribution in [3.05, 3.63) is 54.1 Å². The highest BCUT2D eigenvalue weighted by molar-refractivity contribution is 6.32. The van der Waals surface area contributed by atoms with Crippen molar-refractivity contribution >= 4 is 36.6 Å². The first kappa shape index (κ1) is 14.2. The molecular formula is C16H17BN4O. The number of anilines is 2. The van der Waals surface area contributed by atoms with Crippen LogP contribution in [0.15, 0.2) is 53.5 Å². The minimum Gasteiger partial charge on any atom is -0.368 e. The molecule has 1 heterocycles. The van der Waals surface area contributed by atoms with Crippen LogP contribution >= 0.6 is 0 Å². The summed E-state index contributed by atoms with van der Waals surface area (Å²) in [4.78, 5) is 16.4. The maximum Gasteiger partial charge on any atom is 0.323 e. The second-order valence-electron chi connectivity index (χ2n) is 5.19. The van der Waals surface area contributed by atoms with Crippen LogP contribution in [-0.4, -0.2) is 32.8 Å². The first-order valence-corrected chi connectivity index (χ1v) is 7.24. The molecule has 0 aliphatic carbocycles. The third-order valence-corrected chi connectivity index (χ3v) is 3.34. The largest absolute Gasteiger partial charge is 0.368 e. The molecule has 0 fully saturated rings. The molecule has 1 aliphatic rings. The molecule has 6 heteroatoms. The van der Waals surface area contributed by atoms with Gasteiger partial charge in [0.05, 0.1) is 6.54 Å². The summed E-state index contributed by atoms with van der Waals surface area (Å²) < 4.78 is 0. The molecule has 0 bridgehead atoms. The van der Waals surface area contributed by atoms with Gasteiger partial charge in [-0.2, -0.15) is 0 Å². The molecule has 1 aliphatic heterocycles. The van der Waals surface area contributed by atoms with E-state index in [9.17, 15) is 4.79 Å². The van der Waals surface area contributed by atoms with Crippen LogP contribution in [0.4, 0.5) is 16.2 Å². The minimum absolute atomic E-state index is 0.260. The third kappa shape index (κ3) is 3.46. The van der Waals surface area contributed by atoms with Crippen LogP contribution in [0.5, 0.6) is 0 Å². The number of rotatable bonds is 3. The zero-order chi connectivity index (χ0) is 15.4. The van der Waals surface area contributed by atoms with Crippen molar-refractivity contribution in [1.29, 1.82) is 0 Å². The topological polar surface area (TPSA) is 65.5 Å². The number of carbonyl (C=O) groups excluding carboxylic acids is 1. The summed E-state index contributed by atoms with van der Waals surface area (Å²) >= 11 is 0.